The molecule has 0 radical (unpaired) electrons. The summed E-state index contributed by atoms with van der Waals surface area (Å²) < 4.78 is 28.6. The Balaban J connectivity index is 1.89. The molecule has 2 atom stereocenters. The topological polar surface area (TPSA) is 128 Å². The summed E-state index contributed by atoms with van der Waals surface area (Å²) in [5.74, 6) is 0.367. The minimum Gasteiger partial charge on any atom is -0.491 e. The van der Waals surface area contributed by atoms with Crippen LogP contribution in [0.25, 0.3) is 0 Å². The number of rotatable bonds is 9. The van der Waals surface area contributed by atoms with E-state index in [0.29, 0.717) is 35.7 Å². The highest BCUT2D eigenvalue weighted by atomic mass is 32.3. The lowest BCUT2D eigenvalue weighted by molar-refractivity contribution is 0.0845. The molecule has 33 heavy (non-hydrogen) atoms. The maximum atomic E-state index is 13.2. The normalized spacial score (nSPS) is 18.5. The smallest absolute Gasteiger partial charge is 0.251 e. The number of nitrogens with one attached hydrogen (secondary N) is 1. The zero-order valence-electron chi connectivity index (χ0n) is 19.2. The number of carbonyl (C=O) groups is 1. The Morgan fingerprint density at radius 3 is 2.55 bits per heavy atom. The summed E-state index contributed by atoms with van der Waals surface area (Å²) in [6.45, 7) is 4.26. The molecule has 1 aliphatic heterocycles. The van der Waals surface area contributed by atoms with E-state index in [1.54, 1.807) is 22.5 Å². The molecule has 0 spiro atoms. The van der Waals surface area contributed by atoms with Crippen LogP contribution < -0.4 is 20.1 Å². The minimum absolute atomic E-state index is 0.00815. The lowest BCUT2D eigenvalue weighted by atomic mass is 10.0. The lowest BCUT2D eigenvalue weighted by Crippen LogP contribution is -2.47. The van der Waals surface area contributed by atoms with Crippen molar-refractivity contribution in [2.45, 2.75) is 51.4 Å². The molecule has 0 bridgehead atoms. The first-order valence-corrected chi connectivity index (χ1v) is 12.9. The van der Waals surface area contributed by atoms with E-state index in [-0.39, 0.29) is 12.6 Å². The Labute approximate surface area is 197 Å². The van der Waals surface area contributed by atoms with Crippen molar-refractivity contribution in [1.29, 1.82) is 0 Å². The van der Waals surface area contributed by atoms with Crippen LogP contribution in [0.5, 0.6) is 5.75 Å². The van der Waals surface area contributed by atoms with Crippen LogP contribution in [-0.2, 0) is 6.42 Å². The standard InChI is InChI=1S/C24H35N3O5S/c1-17(2)32-21-14-19(13-20(15-21)27-10-6-7-11-33(27,30)31)24(29)26-22(23(28)16-25)12-18-8-4-3-5-9-18/h3-5,8-9,13-15,17,22-23,28,30-31H,6-7,10-12,16,25H2,1-2H3,(H,26,29)/t22-,23-/m0/s1. The lowest BCUT2D eigenvalue weighted by Gasteiger charge is -2.47. The molecule has 1 aliphatic rings. The number of nitrogens with two attached hydrogens (primary N) is 1. The summed E-state index contributed by atoms with van der Waals surface area (Å²) in [7, 11) is -2.96. The Morgan fingerprint density at radius 2 is 1.91 bits per heavy atom. The van der Waals surface area contributed by atoms with Gasteiger partial charge in [-0.05, 0) is 50.8 Å². The summed E-state index contributed by atoms with van der Waals surface area (Å²) in [6.07, 6.45) is 0.953. The van der Waals surface area contributed by atoms with Crippen molar-refractivity contribution in [3.05, 3.63) is 59.7 Å². The van der Waals surface area contributed by atoms with Crippen LogP contribution in [0.3, 0.4) is 0 Å². The number of hydrogen-bond donors (Lipinski definition) is 5. The maximum Gasteiger partial charge on any atom is 0.251 e. The van der Waals surface area contributed by atoms with Crippen LogP contribution in [-0.4, -0.2) is 57.2 Å². The molecule has 1 amide bonds. The van der Waals surface area contributed by atoms with E-state index in [0.717, 1.165) is 18.4 Å². The van der Waals surface area contributed by atoms with Crippen LogP contribution in [0, 0.1) is 0 Å². The summed E-state index contributed by atoms with van der Waals surface area (Å²) in [5.41, 5.74) is 7.49. The first-order chi connectivity index (χ1) is 15.7. The molecule has 0 saturated carbocycles. The van der Waals surface area contributed by atoms with Crippen LogP contribution in [0.2, 0.25) is 0 Å². The molecule has 0 aliphatic carbocycles. The van der Waals surface area contributed by atoms with E-state index in [1.807, 2.05) is 44.2 Å². The predicted molar refractivity (Wildman–Crippen MR) is 133 cm³/mol. The van der Waals surface area contributed by atoms with Gasteiger partial charge in [0.05, 0.1) is 29.7 Å². The van der Waals surface area contributed by atoms with Gasteiger partial charge in [-0.1, -0.05) is 30.3 Å². The fraction of sp³-hybridized carbons (Fsp3) is 0.458. The van der Waals surface area contributed by atoms with Crippen LogP contribution >= 0.6 is 10.8 Å². The highest BCUT2D eigenvalue weighted by Crippen LogP contribution is 2.50. The second kappa shape index (κ2) is 11.2. The average Bonchev–Trinajstić information content (AvgIpc) is 2.77. The number of aliphatic hydroxyl groups is 1. The maximum absolute atomic E-state index is 13.2. The third kappa shape index (κ3) is 6.84. The SMILES string of the molecule is CC(C)Oc1cc(C(=O)N[C@@H](Cc2ccccc2)[C@@H](O)CN)cc(N2CCCCS2(O)O)c1. The van der Waals surface area contributed by atoms with Crippen molar-refractivity contribution in [2.75, 3.05) is 23.1 Å². The molecule has 2 aromatic rings. The predicted octanol–water partition coefficient (Wildman–Crippen LogP) is 3.40. The fourth-order valence-electron chi connectivity index (χ4n) is 3.87. The molecule has 1 heterocycles. The van der Waals surface area contributed by atoms with Gasteiger partial charge in [-0.3, -0.25) is 18.2 Å². The fourth-order valence-corrected chi connectivity index (χ4v) is 5.55. The third-order valence-electron chi connectivity index (χ3n) is 5.52. The van der Waals surface area contributed by atoms with Gasteiger partial charge in [0.1, 0.15) is 5.75 Å². The van der Waals surface area contributed by atoms with Gasteiger partial charge in [0.15, 0.2) is 0 Å². The van der Waals surface area contributed by atoms with Gasteiger partial charge in [0, 0.05) is 24.7 Å². The number of anilines is 1. The van der Waals surface area contributed by atoms with Crippen LogP contribution in [0.4, 0.5) is 5.69 Å². The first-order valence-electron chi connectivity index (χ1n) is 11.3. The number of aliphatic hydroxyl groups excluding tert-OH is 1. The van der Waals surface area contributed by atoms with Crippen LogP contribution in [0.15, 0.2) is 48.5 Å². The Kier molecular flexibility index (Phi) is 8.61. The third-order valence-corrected chi connectivity index (χ3v) is 7.45. The molecule has 6 N–H and O–H groups in total. The van der Waals surface area contributed by atoms with Crippen molar-refractivity contribution in [3.63, 3.8) is 0 Å². The molecule has 2 aromatic carbocycles. The summed E-state index contributed by atoms with van der Waals surface area (Å²) >= 11 is 0. The molecule has 1 saturated heterocycles. The Hall–Kier alpha value is -2.30. The monoisotopic (exact) mass is 477 g/mol. The van der Waals surface area contributed by atoms with Crippen molar-refractivity contribution < 1.29 is 23.7 Å². The molecule has 0 unspecified atom stereocenters. The summed E-state index contributed by atoms with van der Waals surface area (Å²) in [5, 5.41) is 13.3. The number of nitrogens with zero attached hydrogens (tertiary/aromatic N) is 1. The molecular weight excluding hydrogens is 442 g/mol. The molecule has 0 aromatic heterocycles. The van der Waals surface area contributed by atoms with E-state index < -0.39 is 28.8 Å². The number of amides is 1. The van der Waals surface area contributed by atoms with Crippen molar-refractivity contribution in [3.8, 4) is 5.75 Å². The summed E-state index contributed by atoms with van der Waals surface area (Å²) in [4.78, 5) is 13.2. The zero-order valence-corrected chi connectivity index (χ0v) is 20.0. The van der Waals surface area contributed by atoms with Gasteiger partial charge in [-0.15, -0.1) is 10.8 Å². The Morgan fingerprint density at radius 1 is 1.18 bits per heavy atom. The Bertz CT molecular complexity index is 926. The molecular formula is C24H35N3O5S. The summed E-state index contributed by atoms with van der Waals surface area (Å²) in [6, 6.07) is 14.0. The second-order valence-electron chi connectivity index (χ2n) is 8.60. The molecule has 1 fully saturated rings. The first kappa shape index (κ1) is 25.3. The number of hydrogen-bond acceptors (Lipinski definition) is 7. The van der Waals surface area contributed by atoms with Gasteiger partial charge in [-0.25, -0.2) is 0 Å². The molecule has 8 nitrogen and oxygen atoms in total. The largest absolute Gasteiger partial charge is 0.491 e. The van der Waals surface area contributed by atoms with Crippen molar-refractivity contribution in [1.82, 2.24) is 5.32 Å². The van der Waals surface area contributed by atoms with Crippen LogP contribution in [0.1, 0.15) is 42.6 Å². The van der Waals surface area contributed by atoms with E-state index in [1.165, 1.54) is 0 Å². The van der Waals surface area contributed by atoms with E-state index in [9.17, 15) is 19.0 Å². The van der Waals surface area contributed by atoms with E-state index >= 15 is 0 Å². The van der Waals surface area contributed by atoms with Gasteiger partial charge in [-0.2, -0.15) is 0 Å². The molecule has 9 heteroatoms. The quantitative estimate of drug-likeness (QED) is 0.374. The highest BCUT2D eigenvalue weighted by molar-refractivity contribution is 8.25. The van der Waals surface area contributed by atoms with Gasteiger partial charge in [0.2, 0.25) is 0 Å². The van der Waals surface area contributed by atoms with E-state index in [4.69, 9.17) is 10.5 Å². The van der Waals surface area contributed by atoms with Gasteiger partial charge < -0.3 is 20.9 Å². The second-order valence-corrected chi connectivity index (χ2v) is 10.7. The highest BCUT2D eigenvalue weighted by Gasteiger charge is 2.28. The molecule has 3 rings (SSSR count). The van der Waals surface area contributed by atoms with Gasteiger partial charge >= 0.3 is 0 Å². The molecule has 182 valence electrons. The zero-order chi connectivity index (χ0) is 24.0. The average molecular weight is 478 g/mol. The minimum atomic E-state index is -2.96. The van der Waals surface area contributed by atoms with E-state index in [2.05, 4.69) is 5.32 Å². The number of carbonyl (C=O) groups excluding carboxylic acids is 1. The number of ether oxygens (including phenoxy) is 1. The van der Waals surface area contributed by atoms with Gasteiger partial charge in [0.25, 0.3) is 5.91 Å². The number of benzene rings is 2. The van der Waals surface area contributed by atoms with Crippen molar-refractivity contribution in [2.24, 2.45) is 5.73 Å². The van der Waals surface area contributed by atoms with Crippen molar-refractivity contribution >= 4 is 22.4 Å².